The van der Waals surface area contributed by atoms with Crippen molar-refractivity contribution in [2.24, 2.45) is 5.92 Å². The number of hydrogen-bond donors (Lipinski definition) is 2. The molecule has 106 valence electrons. The van der Waals surface area contributed by atoms with Gasteiger partial charge in [0, 0.05) is 0 Å². The number of nitriles is 1. The highest BCUT2D eigenvalue weighted by Crippen LogP contribution is 2.36. The number of aliphatic carboxylic acids is 1. The molecular weight excluding hydrogens is 252 g/mol. The van der Waals surface area contributed by atoms with Gasteiger partial charge in [0.05, 0.1) is 11.3 Å². The van der Waals surface area contributed by atoms with E-state index in [1.807, 2.05) is 19.1 Å². The Hall–Kier alpha value is -2.02. The Labute approximate surface area is 119 Å². The van der Waals surface area contributed by atoms with Gasteiger partial charge in [0.1, 0.15) is 11.6 Å². The average Bonchev–Trinajstić information content (AvgIpc) is 2.41. The topological polar surface area (TPSA) is 73.1 Å². The molecule has 1 fully saturated rings. The summed E-state index contributed by atoms with van der Waals surface area (Å²) in [5.74, 6) is -0.446. The van der Waals surface area contributed by atoms with Gasteiger partial charge in [-0.25, -0.2) is 4.79 Å². The maximum atomic E-state index is 11.8. The smallest absolute Gasteiger partial charge is 0.329 e. The van der Waals surface area contributed by atoms with Crippen LogP contribution in [0.25, 0.3) is 0 Å². The first kappa shape index (κ1) is 14.4. The van der Waals surface area contributed by atoms with Crippen LogP contribution in [-0.4, -0.2) is 16.6 Å². The third-order valence-corrected chi connectivity index (χ3v) is 4.16. The lowest BCUT2D eigenvalue weighted by Gasteiger charge is -2.38. The number of nitrogens with zero attached hydrogens (tertiary/aromatic N) is 1. The molecule has 2 atom stereocenters. The van der Waals surface area contributed by atoms with E-state index in [1.54, 1.807) is 6.07 Å². The molecule has 0 bridgehead atoms. The van der Waals surface area contributed by atoms with Crippen LogP contribution in [0.4, 0.5) is 5.69 Å². The first-order valence-corrected chi connectivity index (χ1v) is 7.00. The molecular formula is C16H20N2O2. The van der Waals surface area contributed by atoms with Gasteiger partial charge < -0.3 is 10.4 Å². The van der Waals surface area contributed by atoms with Crippen LogP contribution in [0.15, 0.2) is 18.2 Å². The molecule has 1 aromatic rings. The Morgan fingerprint density at radius 1 is 1.55 bits per heavy atom. The monoisotopic (exact) mass is 272 g/mol. The Morgan fingerprint density at radius 2 is 2.30 bits per heavy atom. The summed E-state index contributed by atoms with van der Waals surface area (Å²) in [6, 6.07) is 7.57. The van der Waals surface area contributed by atoms with Crippen LogP contribution in [0, 0.1) is 24.2 Å². The van der Waals surface area contributed by atoms with Crippen molar-refractivity contribution in [3.8, 4) is 6.07 Å². The van der Waals surface area contributed by atoms with Crippen LogP contribution in [0.3, 0.4) is 0 Å². The summed E-state index contributed by atoms with van der Waals surface area (Å²) < 4.78 is 0. The van der Waals surface area contributed by atoms with Crippen molar-refractivity contribution in [2.75, 3.05) is 5.32 Å². The molecule has 2 rings (SSSR count). The molecule has 0 heterocycles. The zero-order chi connectivity index (χ0) is 14.8. The SMILES string of the molecule is Cc1cccc(C#N)c1NC1(C(=O)O)CCCC(C)C1. The van der Waals surface area contributed by atoms with Gasteiger partial charge in [0.25, 0.3) is 0 Å². The number of rotatable bonds is 3. The predicted molar refractivity (Wildman–Crippen MR) is 77.5 cm³/mol. The Bertz CT molecular complexity index is 562. The molecule has 0 aromatic heterocycles. The summed E-state index contributed by atoms with van der Waals surface area (Å²) in [4.78, 5) is 11.8. The molecule has 4 heteroatoms. The van der Waals surface area contributed by atoms with E-state index in [4.69, 9.17) is 0 Å². The number of anilines is 1. The van der Waals surface area contributed by atoms with Crippen LogP contribution in [0.2, 0.25) is 0 Å². The maximum Gasteiger partial charge on any atom is 0.329 e. The fourth-order valence-electron chi connectivity index (χ4n) is 3.08. The molecule has 1 aliphatic rings. The molecule has 2 unspecified atom stereocenters. The molecule has 0 amide bonds. The van der Waals surface area contributed by atoms with Gasteiger partial charge in [0.15, 0.2) is 0 Å². The average molecular weight is 272 g/mol. The first-order valence-electron chi connectivity index (χ1n) is 7.00. The van der Waals surface area contributed by atoms with Crippen LogP contribution in [0.1, 0.15) is 43.7 Å². The number of hydrogen-bond acceptors (Lipinski definition) is 3. The summed E-state index contributed by atoms with van der Waals surface area (Å²) in [5, 5.41) is 22.1. The van der Waals surface area contributed by atoms with Crippen LogP contribution in [-0.2, 0) is 4.79 Å². The fourth-order valence-corrected chi connectivity index (χ4v) is 3.08. The van der Waals surface area contributed by atoms with E-state index < -0.39 is 11.5 Å². The maximum absolute atomic E-state index is 11.8. The van der Waals surface area contributed by atoms with E-state index in [2.05, 4.69) is 18.3 Å². The quantitative estimate of drug-likeness (QED) is 0.885. The number of carbonyl (C=O) groups is 1. The molecule has 1 aliphatic carbocycles. The summed E-state index contributed by atoms with van der Waals surface area (Å²) >= 11 is 0. The van der Waals surface area contributed by atoms with E-state index in [0.29, 0.717) is 30.0 Å². The lowest BCUT2D eigenvalue weighted by molar-refractivity contribution is -0.144. The second-order valence-corrected chi connectivity index (χ2v) is 5.82. The zero-order valence-electron chi connectivity index (χ0n) is 11.9. The highest BCUT2D eigenvalue weighted by atomic mass is 16.4. The Kier molecular flexibility index (Phi) is 3.99. The molecule has 0 radical (unpaired) electrons. The van der Waals surface area contributed by atoms with Crippen molar-refractivity contribution in [3.63, 3.8) is 0 Å². The van der Waals surface area contributed by atoms with Gasteiger partial charge in [-0.2, -0.15) is 5.26 Å². The minimum absolute atomic E-state index is 0.377. The molecule has 2 N–H and O–H groups in total. The summed E-state index contributed by atoms with van der Waals surface area (Å²) in [5.41, 5.74) is 1.12. The van der Waals surface area contributed by atoms with Gasteiger partial charge in [0.2, 0.25) is 0 Å². The number of nitrogens with one attached hydrogen (secondary N) is 1. The second-order valence-electron chi connectivity index (χ2n) is 5.82. The molecule has 1 saturated carbocycles. The van der Waals surface area contributed by atoms with Crippen LogP contribution in [0.5, 0.6) is 0 Å². The molecule has 20 heavy (non-hydrogen) atoms. The number of aryl methyl sites for hydroxylation is 1. The van der Waals surface area contributed by atoms with Crippen molar-refractivity contribution in [2.45, 2.75) is 45.1 Å². The van der Waals surface area contributed by atoms with E-state index in [1.165, 1.54) is 0 Å². The predicted octanol–water partition coefficient (Wildman–Crippen LogP) is 3.31. The van der Waals surface area contributed by atoms with E-state index >= 15 is 0 Å². The molecule has 4 nitrogen and oxygen atoms in total. The lowest BCUT2D eigenvalue weighted by Crippen LogP contribution is -2.49. The third-order valence-electron chi connectivity index (χ3n) is 4.16. The molecule has 0 spiro atoms. The number of carboxylic acid groups (broad SMARTS) is 1. The van der Waals surface area contributed by atoms with E-state index in [9.17, 15) is 15.2 Å². The van der Waals surface area contributed by atoms with Crippen molar-refractivity contribution >= 4 is 11.7 Å². The summed E-state index contributed by atoms with van der Waals surface area (Å²) in [6.45, 7) is 3.98. The number of carboxylic acids is 1. The minimum atomic E-state index is -0.949. The van der Waals surface area contributed by atoms with Gasteiger partial charge in [-0.1, -0.05) is 31.9 Å². The second kappa shape index (κ2) is 5.54. The van der Waals surface area contributed by atoms with Crippen LogP contribution >= 0.6 is 0 Å². The van der Waals surface area contributed by atoms with Gasteiger partial charge in [-0.3, -0.25) is 0 Å². The molecule has 0 saturated heterocycles. The van der Waals surface area contributed by atoms with Crippen molar-refractivity contribution in [1.29, 1.82) is 5.26 Å². The summed E-state index contributed by atoms with van der Waals surface area (Å²) in [6.07, 6.45) is 3.16. The van der Waals surface area contributed by atoms with Gasteiger partial charge >= 0.3 is 5.97 Å². The minimum Gasteiger partial charge on any atom is -0.480 e. The zero-order valence-corrected chi connectivity index (χ0v) is 11.9. The molecule has 1 aromatic carbocycles. The standard InChI is InChI=1S/C16H20N2O2/c1-11-5-4-8-16(9-11,15(19)20)18-14-12(2)6-3-7-13(14)10-17/h3,6-7,11,18H,4-5,8-9H2,1-2H3,(H,19,20). The van der Waals surface area contributed by atoms with Gasteiger partial charge in [-0.05, 0) is 37.3 Å². The number of benzene rings is 1. The van der Waals surface area contributed by atoms with Crippen LogP contribution < -0.4 is 5.32 Å². The lowest BCUT2D eigenvalue weighted by atomic mass is 9.76. The highest BCUT2D eigenvalue weighted by molar-refractivity contribution is 5.84. The van der Waals surface area contributed by atoms with Crippen molar-refractivity contribution in [3.05, 3.63) is 29.3 Å². The van der Waals surface area contributed by atoms with Crippen molar-refractivity contribution < 1.29 is 9.90 Å². The molecule has 0 aliphatic heterocycles. The highest BCUT2D eigenvalue weighted by Gasteiger charge is 2.42. The fraction of sp³-hybridized carbons (Fsp3) is 0.500. The first-order chi connectivity index (χ1) is 9.48. The van der Waals surface area contributed by atoms with Gasteiger partial charge in [-0.15, -0.1) is 0 Å². The number of para-hydroxylation sites is 1. The van der Waals surface area contributed by atoms with Crippen molar-refractivity contribution in [1.82, 2.24) is 0 Å². The summed E-state index contributed by atoms with van der Waals surface area (Å²) in [7, 11) is 0. The largest absolute Gasteiger partial charge is 0.480 e. The Balaban J connectivity index is 2.39. The third kappa shape index (κ3) is 2.62. The van der Waals surface area contributed by atoms with E-state index in [-0.39, 0.29) is 0 Å². The van der Waals surface area contributed by atoms with E-state index in [0.717, 1.165) is 18.4 Å². The Morgan fingerprint density at radius 3 is 2.90 bits per heavy atom. The normalized spacial score (nSPS) is 25.8.